The monoisotopic (exact) mass is 695 g/mol. The number of carbonyl (C=O) groups is 1. The Labute approximate surface area is 293 Å². The van der Waals surface area contributed by atoms with Crippen LogP contribution in [0.3, 0.4) is 0 Å². The van der Waals surface area contributed by atoms with Crippen molar-refractivity contribution in [3.05, 3.63) is 87.7 Å². The van der Waals surface area contributed by atoms with Crippen molar-refractivity contribution in [1.82, 2.24) is 34.0 Å². The number of benzene rings is 2. The molecular weight excluding hydrogens is 658 g/mol. The zero-order chi connectivity index (χ0) is 33.8. The van der Waals surface area contributed by atoms with E-state index in [9.17, 15) is 4.79 Å². The van der Waals surface area contributed by atoms with Crippen LogP contribution in [0.15, 0.2) is 53.6 Å². The summed E-state index contributed by atoms with van der Waals surface area (Å²) in [6.07, 6.45) is 5.05. The van der Waals surface area contributed by atoms with Gasteiger partial charge in [0, 0.05) is 83.9 Å². The number of nitrogens with zero attached hydrogens (tertiary/aromatic N) is 7. The second-order valence-electron chi connectivity index (χ2n) is 13.0. The summed E-state index contributed by atoms with van der Waals surface area (Å²) in [6, 6.07) is 14.5. The Kier molecular flexibility index (Phi) is 8.37. The number of methoxy groups -OCH3 is 1. The molecule has 8 bridgehead atoms. The molecule has 12 heteroatoms. The molecule has 6 heterocycles. The van der Waals surface area contributed by atoms with Crippen LogP contribution in [0.1, 0.15) is 51.7 Å². The lowest BCUT2D eigenvalue weighted by molar-refractivity contribution is 0.0589. The van der Waals surface area contributed by atoms with Gasteiger partial charge in [-0.3, -0.25) is 19.2 Å². The minimum absolute atomic E-state index is 0.374. The van der Waals surface area contributed by atoms with Gasteiger partial charge < -0.3 is 14.0 Å². The molecule has 49 heavy (non-hydrogen) atoms. The predicted molar refractivity (Wildman–Crippen MR) is 192 cm³/mol. The lowest BCUT2D eigenvalue weighted by Crippen LogP contribution is -2.19. The molecule has 0 N–H and O–H groups in total. The first-order valence-electron chi connectivity index (χ1n) is 16.6. The van der Waals surface area contributed by atoms with E-state index in [2.05, 4.69) is 45.9 Å². The fourth-order valence-corrected chi connectivity index (χ4v) is 8.75. The van der Waals surface area contributed by atoms with Gasteiger partial charge in [0.1, 0.15) is 17.0 Å². The van der Waals surface area contributed by atoms with Crippen molar-refractivity contribution in [2.45, 2.75) is 56.0 Å². The van der Waals surface area contributed by atoms with Gasteiger partial charge in [-0.25, -0.2) is 4.79 Å². The number of esters is 1. The van der Waals surface area contributed by atoms with Crippen LogP contribution in [0.5, 0.6) is 5.75 Å². The Bertz CT molecular complexity index is 2250. The van der Waals surface area contributed by atoms with Gasteiger partial charge in [-0.1, -0.05) is 23.7 Å². The second kappa shape index (κ2) is 12.9. The SMILES string of the molecule is COC(=O)c1c2c3ccc(Cl)c(c3n1C)-c1c(nn3c1CCC3)CN(C)Cc1cc(n(C)n1)CSc1cc(c3ncccc3c1)OCCC2. The Morgan fingerprint density at radius 3 is 2.76 bits per heavy atom. The standard InChI is InChI=1S/C37H38ClN7O3S/c1-42-19-23-17-24(44(3)40-23)21-49-25-16-22-8-5-13-39-34(22)31(18-25)48-15-7-9-26-27-11-12-28(38)32(35(27)43(2)36(26)37(46)47-4)33-29(20-42)41-45-14-6-10-30(33)45/h5,8,11-13,16-18H,6-7,9-10,14-15,19-21H2,1-4H3. The molecule has 6 aromatic rings. The van der Waals surface area contributed by atoms with Crippen molar-refractivity contribution < 1.29 is 14.3 Å². The zero-order valence-corrected chi connectivity index (χ0v) is 29.7. The number of thioether (sulfide) groups is 1. The minimum atomic E-state index is -0.374. The van der Waals surface area contributed by atoms with Gasteiger partial charge in [0.2, 0.25) is 0 Å². The molecule has 0 saturated carbocycles. The lowest BCUT2D eigenvalue weighted by Gasteiger charge is -2.17. The molecule has 0 spiro atoms. The molecular formula is C37H38ClN7O3S. The summed E-state index contributed by atoms with van der Waals surface area (Å²) in [7, 11) is 7.48. The van der Waals surface area contributed by atoms with Crippen LogP contribution in [-0.4, -0.2) is 60.7 Å². The molecule has 0 unspecified atom stereocenters. The lowest BCUT2D eigenvalue weighted by atomic mass is 9.97. The minimum Gasteiger partial charge on any atom is -0.491 e. The molecule has 0 fully saturated rings. The second-order valence-corrected chi connectivity index (χ2v) is 14.4. The van der Waals surface area contributed by atoms with Gasteiger partial charge in [0.05, 0.1) is 35.6 Å². The number of rotatable bonds is 1. The quantitative estimate of drug-likeness (QED) is 0.171. The van der Waals surface area contributed by atoms with Crippen LogP contribution in [-0.2, 0) is 57.1 Å². The fourth-order valence-electron chi connectivity index (χ4n) is 7.52. The third kappa shape index (κ3) is 5.67. The highest BCUT2D eigenvalue weighted by atomic mass is 35.5. The summed E-state index contributed by atoms with van der Waals surface area (Å²) in [5, 5.41) is 12.7. The predicted octanol–water partition coefficient (Wildman–Crippen LogP) is 6.96. The summed E-state index contributed by atoms with van der Waals surface area (Å²) in [6.45, 7) is 2.61. The van der Waals surface area contributed by atoms with E-state index in [4.69, 9.17) is 31.3 Å². The molecule has 0 amide bonds. The van der Waals surface area contributed by atoms with E-state index in [0.717, 1.165) is 91.4 Å². The number of ether oxygens (including phenoxy) is 2. The molecule has 2 aliphatic heterocycles. The topological polar surface area (TPSA) is 92.2 Å². The van der Waals surface area contributed by atoms with E-state index in [0.29, 0.717) is 43.3 Å². The first-order valence-corrected chi connectivity index (χ1v) is 18.0. The molecule has 8 rings (SSSR count). The highest BCUT2D eigenvalue weighted by Crippen LogP contribution is 2.44. The van der Waals surface area contributed by atoms with Crippen LogP contribution in [0.2, 0.25) is 5.02 Å². The maximum absolute atomic E-state index is 13.4. The van der Waals surface area contributed by atoms with Crippen LogP contribution < -0.4 is 4.74 Å². The number of pyridine rings is 1. The Hall–Kier alpha value is -4.32. The van der Waals surface area contributed by atoms with Crippen LogP contribution in [0.25, 0.3) is 32.9 Å². The largest absolute Gasteiger partial charge is 0.491 e. The van der Waals surface area contributed by atoms with Crippen LogP contribution in [0, 0.1) is 0 Å². The summed E-state index contributed by atoms with van der Waals surface area (Å²) in [5.74, 6) is 1.15. The maximum atomic E-state index is 13.4. The fraction of sp³-hybridized carbons (Fsp3) is 0.351. The van der Waals surface area contributed by atoms with Crippen molar-refractivity contribution in [3.8, 4) is 16.9 Å². The van der Waals surface area contributed by atoms with E-state index >= 15 is 0 Å². The average molecular weight is 696 g/mol. The summed E-state index contributed by atoms with van der Waals surface area (Å²) in [4.78, 5) is 21.4. The summed E-state index contributed by atoms with van der Waals surface area (Å²) in [5.41, 5.74) is 9.49. The maximum Gasteiger partial charge on any atom is 0.354 e. The first kappa shape index (κ1) is 31.9. The number of hydrogen-bond acceptors (Lipinski definition) is 8. The Morgan fingerprint density at radius 1 is 1.02 bits per heavy atom. The highest BCUT2D eigenvalue weighted by Gasteiger charge is 2.30. The van der Waals surface area contributed by atoms with E-state index < -0.39 is 0 Å². The molecule has 252 valence electrons. The van der Waals surface area contributed by atoms with Gasteiger partial charge in [-0.05, 0) is 68.6 Å². The number of fused-ring (bicyclic) bond motifs is 10. The third-order valence-corrected chi connectivity index (χ3v) is 11.0. The van der Waals surface area contributed by atoms with E-state index in [-0.39, 0.29) is 5.97 Å². The molecule has 0 saturated heterocycles. The zero-order valence-electron chi connectivity index (χ0n) is 28.1. The highest BCUT2D eigenvalue weighted by molar-refractivity contribution is 7.98. The molecule has 0 radical (unpaired) electrons. The van der Waals surface area contributed by atoms with E-state index in [1.165, 1.54) is 12.8 Å². The van der Waals surface area contributed by atoms with Crippen LogP contribution in [0.4, 0.5) is 0 Å². The Balaban J connectivity index is 1.28. The van der Waals surface area contributed by atoms with Gasteiger partial charge >= 0.3 is 5.97 Å². The molecule has 0 aliphatic carbocycles. The number of halogens is 1. The number of aryl methyl sites for hydroxylation is 4. The molecule has 2 aromatic carbocycles. The van der Waals surface area contributed by atoms with Crippen molar-refractivity contribution in [2.24, 2.45) is 14.1 Å². The molecule has 10 nitrogen and oxygen atoms in total. The van der Waals surface area contributed by atoms with E-state index in [1.807, 2.05) is 41.5 Å². The number of aromatic nitrogens is 6. The molecule has 2 aliphatic rings. The number of hydrogen-bond donors (Lipinski definition) is 0. The van der Waals surface area contributed by atoms with Gasteiger partial charge in [-0.2, -0.15) is 10.2 Å². The Morgan fingerprint density at radius 2 is 1.90 bits per heavy atom. The van der Waals surface area contributed by atoms with Gasteiger partial charge in [0.25, 0.3) is 0 Å². The van der Waals surface area contributed by atoms with E-state index in [1.54, 1.807) is 18.0 Å². The van der Waals surface area contributed by atoms with Crippen molar-refractivity contribution >= 4 is 51.1 Å². The molecule has 0 atom stereocenters. The number of carbonyl (C=O) groups excluding carboxylic acids is 1. The molecule has 4 aromatic heterocycles. The normalized spacial score (nSPS) is 15.6. The van der Waals surface area contributed by atoms with Crippen molar-refractivity contribution in [2.75, 3.05) is 20.8 Å². The van der Waals surface area contributed by atoms with Crippen molar-refractivity contribution in [1.29, 1.82) is 0 Å². The van der Waals surface area contributed by atoms with Crippen molar-refractivity contribution in [3.63, 3.8) is 0 Å². The first-order chi connectivity index (χ1) is 23.8. The van der Waals surface area contributed by atoms with Crippen LogP contribution >= 0.6 is 23.4 Å². The van der Waals surface area contributed by atoms with Gasteiger partial charge in [0.15, 0.2) is 0 Å². The van der Waals surface area contributed by atoms with Gasteiger partial charge in [-0.15, -0.1) is 11.8 Å². The summed E-state index contributed by atoms with van der Waals surface area (Å²) >= 11 is 8.90. The smallest absolute Gasteiger partial charge is 0.354 e. The third-order valence-electron chi connectivity index (χ3n) is 9.69. The summed E-state index contributed by atoms with van der Waals surface area (Å²) < 4.78 is 17.9. The average Bonchev–Trinajstić information content (AvgIpc) is 3.83.